The van der Waals surface area contributed by atoms with Gasteiger partial charge in [-0.05, 0) is 65.4 Å². The van der Waals surface area contributed by atoms with E-state index in [2.05, 4.69) is 112 Å². The van der Waals surface area contributed by atoms with Crippen molar-refractivity contribution in [2.75, 3.05) is 4.90 Å². The van der Waals surface area contributed by atoms with E-state index >= 15 is 0 Å². The summed E-state index contributed by atoms with van der Waals surface area (Å²) >= 11 is 0. The number of hydrogen-bond acceptors (Lipinski definition) is 1. The predicted octanol–water partition coefficient (Wildman–Crippen LogP) is 8.12. The molecule has 0 saturated heterocycles. The summed E-state index contributed by atoms with van der Waals surface area (Å²) in [5, 5.41) is 5.35. The fourth-order valence-electron chi connectivity index (χ4n) is 6.98. The highest BCUT2D eigenvalue weighted by atomic mass is 15.2. The number of para-hydroxylation sites is 3. The van der Waals surface area contributed by atoms with E-state index in [9.17, 15) is 0 Å². The van der Waals surface area contributed by atoms with Gasteiger partial charge < -0.3 is 9.30 Å². The first-order valence-corrected chi connectivity index (χ1v) is 12.5. The Morgan fingerprint density at radius 3 is 2.14 bits per heavy atom. The topological polar surface area (TPSA) is 7.65 Å². The Balaban J connectivity index is 1.24. The lowest BCUT2D eigenvalue weighted by atomic mass is 9.98. The summed E-state index contributed by atoms with van der Waals surface area (Å²) in [7, 11) is 0. The molecule has 2 aliphatic rings. The highest BCUT2D eigenvalue weighted by Crippen LogP contribution is 2.47. The van der Waals surface area contributed by atoms with Crippen molar-refractivity contribution in [3.63, 3.8) is 0 Å². The minimum atomic E-state index is 0.562. The van der Waals surface area contributed by atoms with Gasteiger partial charge in [-0.2, -0.15) is 0 Å². The van der Waals surface area contributed by atoms with Gasteiger partial charge in [0.25, 0.3) is 0 Å². The van der Waals surface area contributed by atoms with Gasteiger partial charge in [-0.3, -0.25) is 0 Å². The van der Waals surface area contributed by atoms with E-state index in [0.29, 0.717) is 6.04 Å². The van der Waals surface area contributed by atoms with Crippen LogP contribution in [-0.4, -0.2) is 10.4 Å². The first kappa shape index (κ1) is 18.1. The number of hydrogen-bond donors (Lipinski definition) is 0. The number of rotatable bonds is 1. The molecule has 7 aromatic rings. The molecular weight excluding hydrogens is 424 g/mol. The van der Waals surface area contributed by atoms with Crippen molar-refractivity contribution in [2.24, 2.45) is 0 Å². The van der Waals surface area contributed by atoms with Crippen LogP contribution in [0.25, 0.3) is 49.2 Å². The van der Waals surface area contributed by atoms with Gasteiger partial charge in [-0.1, -0.05) is 72.8 Å². The highest BCUT2D eigenvalue weighted by Gasteiger charge is 2.36. The number of benzene rings is 5. The quantitative estimate of drug-likeness (QED) is 0.247. The second kappa shape index (κ2) is 6.22. The molecule has 4 heterocycles. The lowest BCUT2D eigenvalue weighted by molar-refractivity contribution is 0.725. The summed E-state index contributed by atoms with van der Waals surface area (Å²) in [6, 6.07) is 39.1. The zero-order valence-electron chi connectivity index (χ0n) is 19.2. The maximum Gasteiger partial charge on any atom is 0.0620 e. The molecule has 164 valence electrons. The average molecular weight is 447 g/mol. The van der Waals surface area contributed by atoms with Crippen LogP contribution in [-0.2, 0) is 12.8 Å². The van der Waals surface area contributed by atoms with E-state index < -0.39 is 0 Å². The van der Waals surface area contributed by atoms with E-state index in [-0.39, 0.29) is 0 Å². The van der Waals surface area contributed by atoms with Crippen molar-refractivity contribution in [1.82, 2.24) is 4.40 Å². The van der Waals surface area contributed by atoms with Gasteiger partial charge in [0.1, 0.15) is 0 Å². The molecule has 0 fully saturated rings. The van der Waals surface area contributed by atoms with Crippen LogP contribution < -0.4 is 4.90 Å². The van der Waals surface area contributed by atoms with Crippen molar-refractivity contribution < 1.29 is 0 Å². The smallest absolute Gasteiger partial charge is 0.0620 e. The number of aromatic nitrogens is 1. The average Bonchev–Trinajstić information content (AvgIpc) is 3.63. The Kier molecular flexibility index (Phi) is 3.21. The Hall–Kier alpha value is -4.30. The molecule has 1 unspecified atom stereocenters. The van der Waals surface area contributed by atoms with E-state index in [4.69, 9.17) is 0 Å². The molecule has 2 heteroatoms. The van der Waals surface area contributed by atoms with Crippen LogP contribution >= 0.6 is 0 Å². The second-order valence-corrected chi connectivity index (χ2v) is 10.2. The lowest BCUT2D eigenvalue weighted by Gasteiger charge is -2.20. The normalized spacial score (nSPS) is 16.6. The monoisotopic (exact) mass is 446 g/mol. The maximum absolute atomic E-state index is 2.57. The van der Waals surface area contributed by atoms with Crippen molar-refractivity contribution in [1.29, 1.82) is 0 Å². The molecule has 0 N–H and O–H groups in total. The van der Waals surface area contributed by atoms with Crippen molar-refractivity contribution >= 4 is 49.5 Å². The van der Waals surface area contributed by atoms with Crippen molar-refractivity contribution in [2.45, 2.75) is 18.9 Å². The molecule has 0 radical (unpaired) electrons. The highest BCUT2D eigenvalue weighted by molar-refractivity contribution is 6.23. The molecule has 0 aliphatic carbocycles. The van der Waals surface area contributed by atoms with Crippen molar-refractivity contribution in [3.05, 3.63) is 114 Å². The standard InChI is InChI=1S/C33H22N2/c1-3-10-29-22(6-1)17-24-18-23-16-20(13-15-30(23)34(24)29)21-12-14-26-28-9-5-8-27-25-7-2-4-11-31(25)35(33(27)28)32(26)19-21/h1-16,19,24H,17-18H2. The molecule has 2 aliphatic heterocycles. The SMILES string of the molecule is c1ccc2c(c1)CC1Cc3cc(-c4ccc5c6cccc7c8ccccc8n(c5c4)c76)ccc3N21. The van der Waals surface area contributed by atoms with Gasteiger partial charge in [0.05, 0.1) is 16.6 Å². The van der Waals surface area contributed by atoms with E-state index in [0.717, 1.165) is 12.8 Å². The van der Waals surface area contributed by atoms with Crippen LogP contribution in [0.3, 0.4) is 0 Å². The fourth-order valence-corrected chi connectivity index (χ4v) is 6.98. The molecular formula is C33H22N2. The van der Waals surface area contributed by atoms with Crippen molar-refractivity contribution in [3.8, 4) is 11.1 Å². The summed E-state index contributed by atoms with van der Waals surface area (Å²) in [6.45, 7) is 0. The van der Waals surface area contributed by atoms with Gasteiger partial charge in [-0.15, -0.1) is 0 Å². The van der Waals surface area contributed by atoms with Gasteiger partial charge >= 0.3 is 0 Å². The lowest BCUT2D eigenvalue weighted by Crippen LogP contribution is -2.22. The van der Waals surface area contributed by atoms with Crippen LogP contribution in [0, 0.1) is 0 Å². The Labute approximate surface area is 203 Å². The third kappa shape index (κ3) is 2.20. The van der Waals surface area contributed by atoms with E-state index in [1.807, 2.05) is 0 Å². The molecule has 35 heavy (non-hydrogen) atoms. The maximum atomic E-state index is 2.57. The molecule has 2 aromatic heterocycles. The van der Waals surface area contributed by atoms with Crippen LogP contribution in [0.4, 0.5) is 11.4 Å². The summed E-state index contributed by atoms with van der Waals surface area (Å²) < 4.78 is 2.47. The summed E-state index contributed by atoms with van der Waals surface area (Å²) in [5.41, 5.74) is 12.3. The summed E-state index contributed by atoms with van der Waals surface area (Å²) in [4.78, 5) is 2.57. The van der Waals surface area contributed by atoms with Gasteiger partial charge in [0, 0.05) is 39.0 Å². The molecule has 9 rings (SSSR count). The summed E-state index contributed by atoms with van der Waals surface area (Å²) in [6.07, 6.45) is 2.27. The van der Waals surface area contributed by atoms with Crippen LogP contribution in [0.1, 0.15) is 11.1 Å². The minimum absolute atomic E-state index is 0.562. The minimum Gasteiger partial charge on any atom is -0.337 e. The molecule has 1 atom stereocenters. The molecule has 2 nitrogen and oxygen atoms in total. The molecule has 0 spiro atoms. The predicted molar refractivity (Wildman–Crippen MR) is 146 cm³/mol. The third-order valence-corrected chi connectivity index (χ3v) is 8.42. The fraction of sp³-hybridized carbons (Fsp3) is 0.0909. The number of fused-ring (bicyclic) bond motifs is 11. The second-order valence-electron chi connectivity index (χ2n) is 10.2. The zero-order chi connectivity index (χ0) is 22.7. The molecule has 5 aromatic carbocycles. The third-order valence-electron chi connectivity index (χ3n) is 8.42. The van der Waals surface area contributed by atoms with Gasteiger partial charge in [0.2, 0.25) is 0 Å². The molecule has 0 bridgehead atoms. The Morgan fingerprint density at radius 2 is 1.20 bits per heavy atom. The number of anilines is 2. The van der Waals surface area contributed by atoms with Crippen LogP contribution in [0.2, 0.25) is 0 Å². The van der Waals surface area contributed by atoms with Gasteiger partial charge in [-0.25, -0.2) is 0 Å². The van der Waals surface area contributed by atoms with E-state index in [1.165, 1.54) is 71.7 Å². The van der Waals surface area contributed by atoms with Crippen LogP contribution in [0.15, 0.2) is 103 Å². The number of nitrogens with zero attached hydrogens (tertiary/aromatic N) is 2. The van der Waals surface area contributed by atoms with Gasteiger partial charge in [0.15, 0.2) is 0 Å². The Bertz CT molecular complexity index is 1980. The first-order chi connectivity index (χ1) is 17.3. The molecule has 0 saturated carbocycles. The molecule has 0 amide bonds. The van der Waals surface area contributed by atoms with Crippen LogP contribution in [0.5, 0.6) is 0 Å². The zero-order valence-corrected chi connectivity index (χ0v) is 19.2. The Morgan fingerprint density at radius 1 is 0.514 bits per heavy atom. The summed E-state index contributed by atoms with van der Waals surface area (Å²) in [5.74, 6) is 0. The largest absolute Gasteiger partial charge is 0.337 e. The van der Waals surface area contributed by atoms with E-state index in [1.54, 1.807) is 0 Å². The first-order valence-electron chi connectivity index (χ1n) is 12.5.